The molecule has 0 atom stereocenters. The lowest BCUT2D eigenvalue weighted by Crippen LogP contribution is -2.06. The van der Waals surface area contributed by atoms with Gasteiger partial charge in [-0.1, -0.05) is 11.6 Å². The summed E-state index contributed by atoms with van der Waals surface area (Å²) in [5, 5.41) is 6.03. The van der Waals surface area contributed by atoms with Crippen molar-refractivity contribution in [1.82, 2.24) is 0 Å². The molecular formula is C13H18N2O. The van der Waals surface area contributed by atoms with Gasteiger partial charge in [-0.15, -0.1) is 6.58 Å². The number of anilines is 2. The highest BCUT2D eigenvalue weighted by Gasteiger charge is 1.97. The average molecular weight is 218 g/mol. The van der Waals surface area contributed by atoms with Crippen molar-refractivity contribution >= 4 is 17.3 Å². The standard InChI is InChI=1S/C13H18N2O/c1-10(2)7-8-14-12-5-4-6-13(9-12)15-11(3)16/h4-6,9,14H,1,7-8H2,2-3H3,(H,15,16). The Kier molecular flexibility index (Phi) is 4.58. The molecule has 0 unspecified atom stereocenters. The van der Waals surface area contributed by atoms with Gasteiger partial charge in [0.05, 0.1) is 0 Å². The van der Waals surface area contributed by atoms with Crippen molar-refractivity contribution in [2.75, 3.05) is 17.2 Å². The molecule has 2 N–H and O–H groups in total. The van der Waals surface area contributed by atoms with E-state index < -0.39 is 0 Å². The highest BCUT2D eigenvalue weighted by atomic mass is 16.1. The van der Waals surface area contributed by atoms with Crippen LogP contribution in [0.3, 0.4) is 0 Å². The lowest BCUT2D eigenvalue weighted by Gasteiger charge is -2.08. The Labute approximate surface area is 96.6 Å². The van der Waals surface area contributed by atoms with Gasteiger partial charge in [0.1, 0.15) is 0 Å². The third kappa shape index (κ3) is 4.64. The highest BCUT2D eigenvalue weighted by molar-refractivity contribution is 5.89. The molecule has 0 aliphatic carbocycles. The molecule has 0 bridgehead atoms. The summed E-state index contributed by atoms with van der Waals surface area (Å²) in [4.78, 5) is 10.9. The van der Waals surface area contributed by atoms with Crippen LogP contribution in [0.25, 0.3) is 0 Å². The summed E-state index contributed by atoms with van der Waals surface area (Å²) in [5.74, 6) is -0.0564. The van der Waals surface area contributed by atoms with Crippen molar-refractivity contribution in [2.45, 2.75) is 20.3 Å². The number of nitrogens with one attached hydrogen (secondary N) is 2. The van der Waals surface area contributed by atoms with Crippen LogP contribution in [-0.2, 0) is 4.79 Å². The average Bonchev–Trinajstić information content (AvgIpc) is 2.16. The predicted molar refractivity (Wildman–Crippen MR) is 68.7 cm³/mol. The quantitative estimate of drug-likeness (QED) is 0.746. The van der Waals surface area contributed by atoms with Crippen LogP contribution in [-0.4, -0.2) is 12.5 Å². The number of rotatable bonds is 5. The molecule has 3 nitrogen and oxygen atoms in total. The summed E-state index contributed by atoms with van der Waals surface area (Å²) in [6.45, 7) is 8.22. The minimum absolute atomic E-state index is 0.0564. The van der Waals surface area contributed by atoms with Crippen LogP contribution < -0.4 is 10.6 Å². The zero-order valence-electron chi connectivity index (χ0n) is 9.84. The number of hydrogen-bond acceptors (Lipinski definition) is 2. The van der Waals surface area contributed by atoms with E-state index in [1.807, 2.05) is 31.2 Å². The fraction of sp³-hybridized carbons (Fsp3) is 0.308. The van der Waals surface area contributed by atoms with E-state index in [1.165, 1.54) is 6.92 Å². The fourth-order valence-corrected chi connectivity index (χ4v) is 1.33. The summed E-state index contributed by atoms with van der Waals surface area (Å²) in [6.07, 6.45) is 0.949. The smallest absolute Gasteiger partial charge is 0.221 e. The first-order valence-corrected chi connectivity index (χ1v) is 5.34. The zero-order valence-corrected chi connectivity index (χ0v) is 9.84. The second-order valence-corrected chi connectivity index (χ2v) is 3.90. The summed E-state index contributed by atoms with van der Waals surface area (Å²) < 4.78 is 0. The predicted octanol–water partition coefficient (Wildman–Crippen LogP) is 3.02. The maximum Gasteiger partial charge on any atom is 0.221 e. The summed E-state index contributed by atoms with van der Waals surface area (Å²) >= 11 is 0. The van der Waals surface area contributed by atoms with Gasteiger partial charge in [-0.2, -0.15) is 0 Å². The molecule has 0 saturated carbocycles. The Morgan fingerprint density at radius 2 is 2.00 bits per heavy atom. The number of hydrogen-bond donors (Lipinski definition) is 2. The van der Waals surface area contributed by atoms with Gasteiger partial charge in [-0.05, 0) is 31.5 Å². The molecule has 0 fully saturated rings. The SMILES string of the molecule is C=C(C)CCNc1cccc(NC(C)=O)c1. The van der Waals surface area contributed by atoms with Gasteiger partial charge >= 0.3 is 0 Å². The van der Waals surface area contributed by atoms with Gasteiger partial charge in [0, 0.05) is 24.8 Å². The topological polar surface area (TPSA) is 41.1 Å². The third-order valence-corrected chi connectivity index (χ3v) is 2.06. The van der Waals surface area contributed by atoms with Crippen molar-refractivity contribution in [1.29, 1.82) is 0 Å². The lowest BCUT2D eigenvalue weighted by atomic mass is 10.2. The Morgan fingerprint density at radius 1 is 1.31 bits per heavy atom. The van der Waals surface area contributed by atoms with Gasteiger partial charge in [-0.25, -0.2) is 0 Å². The summed E-state index contributed by atoms with van der Waals surface area (Å²) in [5.41, 5.74) is 2.98. The van der Waals surface area contributed by atoms with E-state index in [9.17, 15) is 4.79 Å². The number of amides is 1. The molecule has 0 aliphatic rings. The highest BCUT2D eigenvalue weighted by Crippen LogP contribution is 2.15. The van der Waals surface area contributed by atoms with Crippen LogP contribution in [0, 0.1) is 0 Å². The Hall–Kier alpha value is -1.77. The zero-order chi connectivity index (χ0) is 12.0. The van der Waals surface area contributed by atoms with Crippen molar-refractivity contribution in [3.8, 4) is 0 Å². The van der Waals surface area contributed by atoms with Crippen LogP contribution in [0.15, 0.2) is 36.4 Å². The minimum Gasteiger partial charge on any atom is -0.385 e. The van der Waals surface area contributed by atoms with Crippen molar-refractivity contribution < 1.29 is 4.79 Å². The molecule has 3 heteroatoms. The lowest BCUT2D eigenvalue weighted by molar-refractivity contribution is -0.114. The normalized spacial score (nSPS) is 9.62. The monoisotopic (exact) mass is 218 g/mol. The number of benzene rings is 1. The van der Waals surface area contributed by atoms with Crippen molar-refractivity contribution in [2.24, 2.45) is 0 Å². The first kappa shape index (κ1) is 12.3. The first-order chi connectivity index (χ1) is 7.58. The molecule has 0 heterocycles. The Balaban J connectivity index is 2.53. The van der Waals surface area contributed by atoms with Crippen LogP contribution in [0.4, 0.5) is 11.4 Å². The van der Waals surface area contributed by atoms with E-state index in [1.54, 1.807) is 0 Å². The van der Waals surface area contributed by atoms with Crippen LogP contribution in [0.1, 0.15) is 20.3 Å². The van der Waals surface area contributed by atoms with E-state index >= 15 is 0 Å². The van der Waals surface area contributed by atoms with Crippen LogP contribution in [0.5, 0.6) is 0 Å². The minimum atomic E-state index is -0.0564. The van der Waals surface area contributed by atoms with E-state index in [2.05, 4.69) is 17.2 Å². The second-order valence-electron chi connectivity index (χ2n) is 3.90. The van der Waals surface area contributed by atoms with Crippen molar-refractivity contribution in [3.05, 3.63) is 36.4 Å². The molecule has 0 saturated heterocycles. The molecular weight excluding hydrogens is 200 g/mol. The number of carbonyl (C=O) groups excluding carboxylic acids is 1. The molecule has 16 heavy (non-hydrogen) atoms. The molecule has 1 aromatic rings. The Morgan fingerprint density at radius 3 is 2.62 bits per heavy atom. The molecule has 86 valence electrons. The van der Waals surface area contributed by atoms with Gasteiger partial charge in [0.15, 0.2) is 0 Å². The summed E-state index contributed by atoms with van der Waals surface area (Å²) in [7, 11) is 0. The molecule has 0 aromatic heterocycles. The largest absolute Gasteiger partial charge is 0.385 e. The summed E-state index contributed by atoms with van der Waals surface area (Å²) in [6, 6.07) is 7.67. The first-order valence-electron chi connectivity index (χ1n) is 5.34. The molecule has 1 amide bonds. The van der Waals surface area contributed by atoms with E-state index in [4.69, 9.17) is 0 Å². The molecule has 0 radical (unpaired) electrons. The maximum atomic E-state index is 10.9. The third-order valence-electron chi connectivity index (χ3n) is 2.06. The van der Waals surface area contributed by atoms with Crippen LogP contribution in [0.2, 0.25) is 0 Å². The van der Waals surface area contributed by atoms with Gasteiger partial charge in [-0.3, -0.25) is 4.79 Å². The Bertz CT molecular complexity index is 385. The molecule has 0 aliphatic heterocycles. The van der Waals surface area contributed by atoms with Gasteiger partial charge in [0.2, 0.25) is 5.91 Å². The van der Waals surface area contributed by atoms with E-state index in [0.29, 0.717) is 0 Å². The van der Waals surface area contributed by atoms with E-state index in [-0.39, 0.29) is 5.91 Å². The van der Waals surface area contributed by atoms with Gasteiger partial charge in [0.25, 0.3) is 0 Å². The molecule has 0 spiro atoms. The van der Waals surface area contributed by atoms with Crippen LogP contribution >= 0.6 is 0 Å². The maximum absolute atomic E-state index is 10.9. The number of carbonyl (C=O) groups is 1. The fourth-order valence-electron chi connectivity index (χ4n) is 1.33. The van der Waals surface area contributed by atoms with Crippen molar-refractivity contribution in [3.63, 3.8) is 0 Å². The molecule has 1 aromatic carbocycles. The second kappa shape index (κ2) is 5.95. The van der Waals surface area contributed by atoms with Gasteiger partial charge < -0.3 is 10.6 Å². The molecule has 1 rings (SSSR count). The van der Waals surface area contributed by atoms with E-state index in [0.717, 1.165) is 29.9 Å².